The zero-order valence-electron chi connectivity index (χ0n) is 13.4. The summed E-state index contributed by atoms with van der Waals surface area (Å²) in [6, 6.07) is 6.02. The molecule has 1 aliphatic heterocycles. The van der Waals surface area contributed by atoms with Crippen molar-refractivity contribution in [1.29, 1.82) is 0 Å². The highest BCUT2D eigenvalue weighted by molar-refractivity contribution is 9.10. The lowest BCUT2D eigenvalue weighted by atomic mass is 9.83. The van der Waals surface area contributed by atoms with Crippen molar-refractivity contribution < 1.29 is 23.1 Å². The first-order chi connectivity index (χ1) is 11.7. The zero-order valence-corrected chi connectivity index (χ0v) is 15.0. The molecule has 1 saturated carbocycles. The molecule has 1 aromatic carbocycles. The number of rotatable bonds is 2. The highest BCUT2D eigenvalue weighted by Gasteiger charge is 2.63. The Hall–Kier alpha value is -1.41. The minimum Gasteiger partial charge on any atom is -0.362 e. The van der Waals surface area contributed by atoms with E-state index in [9.17, 15) is 23.1 Å². The van der Waals surface area contributed by atoms with Crippen LogP contribution in [-0.2, 0) is 0 Å². The Morgan fingerprint density at radius 3 is 2.56 bits per heavy atom. The predicted octanol–water partition coefficient (Wildman–Crippen LogP) is 4.48. The van der Waals surface area contributed by atoms with Gasteiger partial charge in [-0.3, -0.25) is 4.79 Å². The Morgan fingerprint density at radius 2 is 1.96 bits per heavy atom. The summed E-state index contributed by atoms with van der Waals surface area (Å²) >= 11 is 3.19. The number of hydrogen-bond donors (Lipinski definition) is 1. The lowest BCUT2D eigenvalue weighted by Crippen LogP contribution is -2.56. The van der Waals surface area contributed by atoms with Crippen LogP contribution in [-0.4, -0.2) is 33.6 Å². The van der Waals surface area contributed by atoms with Crippen LogP contribution in [0.15, 0.2) is 33.8 Å². The molecule has 8 heteroatoms. The van der Waals surface area contributed by atoms with Crippen LogP contribution in [0.2, 0.25) is 0 Å². The van der Waals surface area contributed by atoms with E-state index >= 15 is 0 Å². The summed E-state index contributed by atoms with van der Waals surface area (Å²) in [5.41, 5.74) is -2.99. The Morgan fingerprint density at radius 1 is 1.28 bits per heavy atom. The molecule has 1 heterocycles. The van der Waals surface area contributed by atoms with E-state index in [-0.39, 0.29) is 22.2 Å². The molecule has 25 heavy (non-hydrogen) atoms. The molecule has 136 valence electrons. The average Bonchev–Trinajstić information content (AvgIpc) is 2.94. The van der Waals surface area contributed by atoms with E-state index in [0.29, 0.717) is 4.47 Å². The molecule has 0 spiro atoms. The monoisotopic (exact) mass is 418 g/mol. The summed E-state index contributed by atoms with van der Waals surface area (Å²) in [6.07, 6.45) is -1.29. The number of alkyl halides is 3. The molecule has 1 amide bonds. The molecule has 1 aromatic rings. The summed E-state index contributed by atoms with van der Waals surface area (Å²) in [5.74, 6) is -1.07. The normalized spacial score (nSPS) is 25.2. The number of hydrazone groups is 1. The van der Waals surface area contributed by atoms with E-state index in [1.807, 2.05) is 0 Å². The Kier molecular flexibility index (Phi) is 4.94. The van der Waals surface area contributed by atoms with Crippen LogP contribution in [0, 0.1) is 5.92 Å². The van der Waals surface area contributed by atoms with Gasteiger partial charge in [0.05, 0.1) is 0 Å². The lowest BCUT2D eigenvalue weighted by Gasteiger charge is -2.32. The largest absolute Gasteiger partial charge is 0.438 e. The Balaban J connectivity index is 1.96. The molecule has 0 bridgehead atoms. The lowest BCUT2D eigenvalue weighted by molar-refractivity contribution is -0.297. The molecule has 0 radical (unpaired) electrons. The van der Waals surface area contributed by atoms with Crippen molar-refractivity contribution in [3.05, 3.63) is 34.3 Å². The van der Waals surface area contributed by atoms with E-state index in [4.69, 9.17) is 0 Å². The van der Waals surface area contributed by atoms with Crippen molar-refractivity contribution in [2.45, 2.75) is 50.4 Å². The maximum Gasteiger partial charge on any atom is 0.438 e. The third-order valence-corrected chi connectivity index (χ3v) is 5.29. The van der Waals surface area contributed by atoms with E-state index < -0.39 is 24.2 Å². The molecular formula is C17H18BrF3N2O2. The molecule has 2 aliphatic rings. The van der Waals surface area contributed by atoms with E-state index in [2.05, 4.69) is 21.0 Å². The number of benzene rings is 1. The minimum absolute atomic E-state index is 0.0331. The van der Waals surface area contributed by atoms with E-state index in [0.717, 1.165) is 32.1 Å². The Labute approximate surface area is 151 Å². The summed E-state index contributed by atoms with van der Waals surface area (Å²) in [6.45, 7) is 0. The standard InChI is InChI=1S/C17H18BrF3N2O2/c18-13-8-4-7-12(9-13)15(24)23-16(25,17(19,20)21)10-14(22-23)11-5-2-1-3-6-11/h4,7-9,11,25H,1-3,5-6,10H2/t16-/m0/s1. The number of aliphatic hydroxyl groups is 1. The Bertz CT molecular complexity index is 701. The molecule has 1 atom stereocenters. The van der Waals surface area contributed by atoms with Crippen LogP contribution in [0.25, 0.3) is 0 Å². The van der Waals surface area contributed by atoms with Gasteiger partial charge in [-0.1, -0.05) is 41.3 Å². The molecule has 1 fully saturated rings. The van der Waals surface area contributed by atoms with Gasteiger partial charge in [0.15, 0.2) is 0 Å². The summed E-state index contributed by atoms with van der Waals surface area (Å²) in [4.78, 5) is 12.6. The van der Waals surface area contributed by atoms with E-state index in [1.54, 1.807) is 12.1 Å². The highest BCUT2D eigenvalue weighted by atomic mass is 79.9. The van der Waals surface area contributed by atoms with Gasteiger partial charge in [-0.15, -0.1) is 0 Å². The number of carbonyl (C=O) groups is 1. The van der Waals surface area contributed by atoms with Gasteiger partial charge < -0.3 is 5.11 Å². The minimum atomic E-state index is -4.99. The van der Waals surface area contributed by atoms with Crippen molar-refractivity contribution in [3.8, 4) is 0 Å². The third kappa shape index (κ3) is 3.46. The summed E-state index contributed by atoms with van der Waals surface area (Å²) in [5, 5.41) is 14.5. The first-order valence-electron chi connectivity index (χ1n) is 8.19. The molecule has 0 aromatic heterocycles. The molecule has 0 saturated heterocycles. The van der Waals surface area contributed by atoms with Crippen LogP contribution >= 0.6 is 15.9 Å². The van der Waals surface area contributed by atoms with Gasteiger partial charge in [-0.2, -0.15) is 23.3 Å². The number of amides is 1. The first-order valence-corrected chi connectivity index (χ1v) is 8.98. The van der Waals surface area contributed by atoms with Gasteiger partial charge in [0, 0.05) is 22.2 Å². The van der Waals surface area contributed by atoms with Crippen molar-refractivity contribution in [1.82, 2.24) is 5.01 Å². The van der Waals surface area contributed by atoms with Crippen molar-refractivity contribution in [2.24, 2.45) is 11.0 Å². The van der Waals surface area contributed by atoms with Crippen molar-refractivity contribution in [2.75, 3.05) is 0 Å². The van der Waals surface area contributed by atoms with Gasteiger partial charge >= 0.3 is 6.18 Å². The van der Waals surface area contributed by atoms with Gasteiger partial charge in [-0.05, 0) is 37.0 Å². The maximum atomic E-state index is 13.6. The fraction of sp³-hybridized carbons (Fsp3) is 0.529. The number of halogens is 4. The zero-order chi connectivity index (χ0) is 18.2. The smallest absolute Gasteiger partial charge is 0.362 e. The molecule has 1 N–H and O–H groups in total. The van der Waals surface area contributed by atoms with Crippen LogP contribution in [0.3, 0.4) is 0 Å². The molecule has 3 rings (SSSR count). The fourth-order valence-corrected chi connectivity index (χ4v) is 3.81. The van der Waals surface area contributed by atoms with Crippen LogP contribution in [0.4, 0.5) is 13.2 Å². The maximum absolute atomic E-state index is 13.6. The van der Waals surface area contributed by atoms with Gasteiger partial charge in [0.2, 0.25) is 0 Å². The number of hydrogen-bond acceptors (Lipinski definition) is 3. The third-order valence-electron chi connectivity index (χ3n) is 4.80. The number of nitrogens with zero attached hydrogens (tertiary/aromatic N) is 2. The second-order valence-corrected chi connectivity index (χ2v) is 7.46. The summed E-state index contributed by atoms with van der Waals surface area (Å²) in [7, 11) is 0. The van der Waals surface area contributed by atoms with Crippen LogP contribution in [0.1, 0.15) is 48.9 Å². The first kappa shape index (κ1) is 18.4. The summed E-state index contributed by atoms with van der Waals surface area (Å²) < 4.78 is 41.3. The van der Waals surface area contributed by atoms with E-state index in [1.165, 1.54) is 12.1 Å². The van der Waals surface area contributed by atoms with Gasteiger partial charge in [0.25, 0.3) is 11.6 Å². The van der Waals surface area contributed by atoms with Crippen LogP contribution in [0.5, 0.6) is 0 Å². The second-order valence-electron chi connectivity index (χ2n) is 6.54. The molecule has 1 aliphatic carbocycles. The quantitative estimate of drug-likeness (QED) is 0.769. The fourth-order valence-electron chi connectivity index (χ4n) is 3.41. The van der Waals surface area contributed by atoms with Crippen molar-refractivity contribution >= 4 is 27.5 Å². The van der Waals surface area contributed by atoms with Gasteiger partial charge in [0.1, 0.15) is 0 Å². The molecule has 4 nitrogen and oxygen atoms in total. The molecule has 0 unspecified atom stereocenters. The van der Waals surface area contributed by atoms with Gasteiger partial charge in [-0.25, -0.2) is 0 Å². The second kappa shape index (κ2) is 6.72. The van der Waals surface area contributed by atoms with Crippen LogP contribution < -0.4 is 0 Å². The topological polar surface area (TPSA) is 52.9 Å². The SMILES string of the molecule is O=C(c1cccc(Br)c1)N1N=C(C2CCCCC2)C[C@]1(O)C(F)(F)F. The van der Waals surface area contributed by atoms with Crippen molar-refractivity contribution in [3.63, 3.8) is 0 Å². The predicted molar refractivity (Wildman–Crippen MR) is 89.9 cm³/mol. The number of carbonyl (C=O) groups excluding carboxylic acids is 1. The highest BCUT2D eigenvalue weighted by Crippen LogP contribution is 2.43. The average molecular weight is 419 g/mol. The molecular weight excluding hydrogens is 401 g/mol.